The van der Waals surface area contributed by atoms with E-state index in [-0.39, 0.29) is 0 Å². The third-order valence-corrected chi connectivity index (χ3v) is 11.0. The van der Waals surface area contributed by atoms with E-state index < -0.39 is 0 Å². The van der Waals surface area contributed by atoms with Crippen molar-refractivity contribution < 1.29 is 4.42 Å². The number of anilines is 3. The molecule has 0 atom stereocenters. The first-order valence-electron chi connectivity index (χ1n) is 18.8. The van der Waals surface area contributed by atoms with E-state index in [1.165, 1.54) is 49.3 Å². The third-order valence-electron chi connectivity index (χ3n) is 11.0. The lowest BCUT2D eigenvalue weighted by atomic mass is 9.95. The summed E-state index contributed by atoms with van der Waals surface area (Å²) in [6.45, 7) is 0. The van der Waals surface area contributed by atoms with Crippen molar-refractivity contribution in [3.05, 3.63) is 206 Å². The zero-order chi connectivity index (χ0) is 36.3. The number of para-hydroxylation sites is 3. The predicted octanol–water partition coefficient (Wildman–Crippen LogP) is 14.6. The molecule has 0 aliphatic carbocycles. The molecule has 0 radical (unpaired) electrons. The second-order valence-corrected chi connectivity index (χ2v) is 14.1. The van der Waals surface area contributed by atoms with E-state index in [9.17, 15) is 0 Å². The third kappa shape index (κ3) is 5.05. The topological polar surface area (TPSA) is 21.3 Å². The van der Waals surface area contributed by atoms with E-state index >= 15 is 0 Å². The van der Waals surface area contributed by atoms with Gasteiger partial charge in [0.05, 0.1) is 16.7 Å². The van der Waals surface area contributed by atoms with Crippen molar-refractivity contribution in [3.8, 4) is 27.9 Å². The molecular weight excluding hydrogens is 669 g/mol. The van der Waals surface area contributed by atoms with Crippen LogP contribution in [-0.4, -0.2) is 4.57 Å². The molecule has 0 bridgehead atoms. The Kier molecular flexibility index (Phi) is 7.17. The molecule has 3 heteroatoms. The predicted molar refractivity (Wildman–Crippen MR) is 231 cm³/mol. The maximum Gasteiger partial charge on any atom is 0.137 e. The fraction of sp³-hybridized carbons (Fsp3) is 0. The quantitative estimate of drug-likeness (QED) is 0.172. The number of fused-ring (bicyclic) bond motifs is 8. The first-order chi connectivity index (χ1) is 27.3. The summed E-state index contributed by atoms with van der Waals surface area (Å²) in [7, 11) is 0. The van der Waals surface area contributed by atoms with Crippen LogP contribution in [0.4, 0.5) is 17.1 Å². The van der Waals surface area contributed by atoms with E-state index in [1.807, 2.05) is 0 Å². The molecule has 0 unspecified atom stereocenters. The maximum atomic E-state index is 6.86. The van der Waals surface area contributed by atoms with Gasteiger partial charge in [-0.05, 0) is 87.6 Å². The van der Waals surface area contributed by atoms with Gasteiger partial charge in [-0.2, -0.15) is 0 Å². The van der Waals surface area contributed by atoms with E-state index in [2.05, 4.69) is 216 Å². The van der Waals surface area contributed by atoms with E-state index in [0.717, 1.165) is 50.2 Å². The van der Waals surface area contributed by atoms with Crippen LogP contribution in [0.2, 0.25) is 0 Å². The van der Waals surface area contributed by atoms with Gasteiger partial charge < -0.3 is 13.9 Å². The maximum absolute atomic E-state index is 6.86. The molecule has 0 N–H and O–H groups in total. The van der Waals surface area contributed by atoms with Crippen LogP contribution in [0, 0.1) is 0 Å². The summed E-state index contributed by atoms with van der Waals surface area (Å²) < 4.78 is 9.26. The number of hydrogen-bond donors (Lipinski definition) is 0. The van der Waals surface area contributed by atoms with Gasteiger partial charge in [-0.3, -0.25) is 0 Å². The molecule has 11 rings (SSSR count). The summed E-state index contributed by atoms with van der Waals surface area (Å²) in [5, 5.41) is 7.07. The zero-order valence-electron chi connectivity index (χ0n) is 29.9. The van der Waals surface area contributed by atoms with Gasteiger partial charge in [0.15, 0.2) is 0 Å². The summed E-state index contributed by atoms with van der Waals surface area (Å²) in [6, 6.07) is 73.7. The standard InChI is InChI=1S/C52H34N2O/c1-4-15-35(16-5-1)36-27-29-39(30-28-36)53(48-26-14-24-44-42-22-12-13-25-47(42)54(52(44)48)38-19-8-3-9-20-38)40-31-32-45-49(33-40)55-50-34-46(37-17-6-2-7-18-37)41-21-10-11-23-43(41)51(45)50/h1-34H. The first kappa shape index (κ1) is 31.2. The molecule has 0 spiro atoms. The van der Waals surface area contributed by atoms with Crippen molar-refractivity contribution in [1.29, 1.82) is 0 Å². The number of rotatable bonds is 6. The van der Waals surface area contributed by atoms with Crippen LogP contribution in [-0.2, 0) is 0 Å². The fourth-order valence-corrected chi connectivity index (χ4v) is 8.51. The van der Waals surface area contributed by atoms with Crippen LogP contribution >= 0.6 is 0 Å². The van der Waals surface area contributed by atoms with Gasteiger partial charge in [0.1, 0.15) is 11.2 Å². The largest absolute Gasteiger partial charge is 0.456 e. The fourth-order valence-electron chi connectivity index (χ4n) is 8.51. The molecule has 2 aromatic heterocycles. The minimum atomic E-state index is 0.851. The lowest BCUT2D eigenvalue weighted by molar-refractivity contribution is 0.669. The summed E-state index contributed by atoms with van der Waals surface area (Å²) in [4.78, 5) is 2.38. The second kappa shape index (κ2) is 12.6. The van der Waals surface area contributed by atoms with Crippen LogP contribution in [0.3, 0.4) is 0 Å². The number of benzene rings is 9. The van der Waals surface area contributed by atoms with Gasteiger partial charge in [-0.25, -0.2) is 0 Å². The molecule has 0 aliphatic rings. The van der Waals surface area contributed by atoms with E-state index in [0.29, 0.717) is 0 Å². The molecule has 258 valence electrons. The Hall–Kier alpha value is -7.36. The summed E-state index contributed by atoms with van der Waals surface area (Å²) >= 11 is 0. The summed E-state index contributed by atoms with van der Waals surface area (Å²) in [5.41, 5.74) is 13.0. The molecule has 0 saturated heterocycles. The average molecular weight is 703 g/mol. The summed E-state index contributed by atoms with van der Waals surface area (Å²) in [6.07, 6.45) is 0. The minimum absolute atomic E-state index is 0.851. The molecule has 2 heterocycles. The Balaban J connectivity index is 1.17. The normalized spacial score (nSPS) is 11.6. The van der Waals surface area contributed by atoms with Crippen LogP contribution < -0.4 is 4.90 Å². The average Bonchev–Trinajstić information content (AvgIpc) is 3.81. The Morgan fingerprint density at radius 3 is 1.75 bits per heavy atom. The van der Waals surface area contributed by atoms with Crippen LogP contribution in [0.5, 0.6) is 0 Å². The lowest BCUT2D eigenvalue weighted by Crippen LogP contribution is -2.11. The molecule has 55 heavy (non-hydrogen) atoms. The van der Waals surface area contributed by atoms with Crippen molar-refractivity contribution in [2.75, 3.05) is 4.90 Å². The smallest absolute Gasteiger partial charge is 0.137 e. The van der Waals surface area contributed by atoms with Crippen LogP contribution in [0.15, 0.2) is 211 Å². The van der Waals surface area contributed by atoms with Gasteiger partial charge in [0.2, 0.25) is 0 Å². The Bertz CT molecular complexity index is 3180. The number of hydrogen-bond acceptors (Lipinski definition) is 2. The molecule has 0 aliphatic heterocycles. The van der Waals surface area contributed by atoms with Crippen LogP contribution in [0.25, 0.3) is 82.5 Å². The minimum Gasteiger partial charge on any atom is -0.456 e. The molecule has 3 nitrogen and oxygen atoms in total. The molecule has 9 aromatic carbocycles. The van der Waals surface area contributed by atoms with Crippen molar-refractivity contribution in [3.63, 3.8) is 0 Å². The Labute approximate surface area is 318 Å². The van der Waals surface area contributed by atoms with Gasteiger partial charge in [0.25, 0.3) is 0 Å². The SMILES string of the molecule is c1ccc(-c2ccc(N(c3ccc4c(c3)oc3cc(-c5ccccc5)c5ccccc5c34)c3cccc4c5ccccc5n(-c5ccccc5)c34)cc2)cc1. The molecule has 11 aromatic rings. The van der Waals surface area contributed by atoms with Gasteiger partial charge in [-0.15, -0.1) is 0 Å². The second-order valence-electron chi connectivity index (χ2n) is 14.1. The molecule has 0 saturated carbocycles. The van der Waals surface area contributed by atoms with Gasteiger partial charge in [-0.1, -0.05) is 146 Å². The van der Waals surface area contributed by atoms with Crippen molar-refractivity contribution in [1.82, 2.24) is 4.57 Å². The van der Waals surface area contributed by atoms with E-state index in [1.54, 1.807) is 0 Å². The number of aromatic nitrogens is 1. The lowest BCUT2D eigenvalue weighted by Gasteiger charge is -2.27. The highest BCUT2D eigenvalue weighted by atomic mass is 16.3. The highest BCUT2D eigenvalue weighted by Crippen LogP contribution is 2.46. The number of nitrogens with zero attached hydrogens (tertiary/aromatic N) is 2. The zero-order valence-corrected chi connectivity index (χ0v) is 29.9. The first-order valence-corrected chi connectivity index (χ1v) is 18.8. The van der Waals surface area contributed by atoms with Crippen molar-refractivity contribution >= 4 is 71.6 Å². The van der Waals surface area contributed by atoms with Crippen molar-refractivity contribution in [2.24, 2.45) is 0 Å². The van der Waals surface area contributed by atoms with Gasteiger partial charge >= 0.3 is 0 Å². The summed E-state index contributed by atoms with van der Waals surface area (Å²) in [5.74, 6) is 0. The van der Waals surface area contributed by atoms with Crippen molar-refractivity contribution in [2.45, 2.75) is 0 Å². The molecule has 0 amide bonds. The molecule has 0 fully saturated rings. The molecular formula is C52H34N2O. The number of furan rings is 1. The Morgan fingerprint density at radius 1 is 0.382 bits per heavy atom. The monoisotopic (exact) mass is 702 g/mol. The van der Waals surface area contributed by atoms with Crippen LogP contribution in [0.1, 0.15) is 0 Å². The van der Waals surface area contributed by atoms with E-state index in [4.69, 9.17) is 4.42 Å². The highest BCUT2D eigenvalue weighted by molar-refractivity contribution is 6.22. The Morgan fingerprint density at radius 2 is 0.982 bits per heavy atom. The highest BCUT2D eigenvalue weighted by Gasteiger charge is 2.23. The van der Waals surface area contributed by atoms with Gasteiger partial charge in [0, 0.05) is 44.7 Å².